The number of halogens is 1. The molecule has 2 rings (SSSR count). The number of carbonyl (C=O) groups is 1. The number of hydrogen-bond acceptors (Lipinski definition) is 4. The third-order valence-electron chi connectivity index (χ3n) is 3.30. The van der Waals surface area contributed by atoms with Crippen LogP contribution < -0.4 is 10.2 Å². The highest BCUT2D eigenvalue weighted by molar-refractivity contribution is 6.04. The molecule has 0 unspecified atom stereocenters. The minimum atomic E-state index is -0.728. The summed E-state index contributed by atoms with van der Waals surface area (Å²) >= 11 is 0. The van der Waals surface area contributed by atoms with E-state index in [4.69, 9.17) is 0 Å². The molecule has 1 amide bonds. The van der Waals surface area contributed by atoms with E-state index >= 15 is 0 Å². The van der Waals surface area contributed by atoms with Gasteiger partial charge < -0.3 is 10.2 Å². The second kappa shape index (κ2) is 7.36. The predicted molar refractivity (Wildman–Crippen MR) is 91.2 cm³/mol. The van der Waals surface area contributed by atoms with Gasteiger partial charge in [0.05, 0.1) is 10.6 Å². The molecule has 0 aliphatic carbocycles. The van der Waals surface area contributed by atoms with E-state index in [2.05, 4.69) is 5.32 Å². The summed E-state index contributed by atoms with van der Waals surface area (Å²) in [6, 6.07) is 11.1. The van der Waals surface area contributed by atoms with Crippen LogP contribution in [0, 0.1) is 15.9 Å². The van der Waals surface area contributed by atoms with Gasteiger partial charge in [-0.25, -0.2) is 4.39 Å². The zero-order chi connectivity index (χ0) is 17.7. The summed E-state index contributed by atoms with van der Waals surface area (Å²) in [6.07, 6.45) is 1.68. The quantitative estimate of drug-likeness (QED) is 0.674. The number of anilines is 2. The number of hydrogen-bond donors (Lipinski definition) is 1. The van der Waals surface area contributed by atoms with Gasteiger partial charge in [-0.05, 0) is 30.3 Å². The second-order valence-corrected chi connectivity index (χ2v) is 5.21. The van der Waals surface area contributed by atoms with E-state index in [0.717, 1.165) is 11.8 Å². The lowest BCUT2D eigenvalue weighted by molar-refractivity contribution is -0.400. The Balaban J connectivity index is 2.19. The average molecular weight is 329 g/mol. The van der Waals surface area contributed by atoms with Crippen molar-refractivity contribution in [2.75, 3.05) is 24.3 Å². The van der Waals surface area contributed by atoms with Gasteiger partial charge in [0.1, 0.15) is 0 Å². The molecule has 0 aliphatic rings. The number of nitrogens with zero attached hydrogens (tertiary/aromatic N) is 2. The van der Waals surface area contributed by atoms with Crippen molar-refractivity contribution in [2.45, 2.75) is 0 Å². The Hall–Kier alpha value is -3.22. The zero-order valence-electron chi connectivity index (χ0n) is 13.2. The topological polar surface area (TPSA) is 75.5 Å². The van der Waals surface area contributed by atoms with Crippen LogP contribution in [0.3, 0.4) is 0 Å². The van der Waals surface area contributed by atoms with Crippen LogP contribution >= 0.6 is 0 Å². The van der Waals surface area contributed by atoms with Crippen molar-refractivity contribution in [3.8, 4) is 0 Å². The Morgan fingerprint density at radius 3 is 2.46 bits per heavy atom. The minimum absolute atomic E-state index is 0.0208. The SMILES string of the molecule is CN(C)c1ccc(C(=O)Nc2cccc(C=C[N+](=O)[O-])c2F)cc1. The maximum atomic E-state index is 14.3. The molecule has 24 heavy (non-hydrogen) atoms. The molecule has 0 heterocycles. The molecule has 2 aromatic carbocycles. The number of carbonyl (C=O) groups excluding carboxylic acids is 1. The fraction of sp³-hybridized carbons (Fsp3) is 0.118. The van der Waals surface area contributed by atoms with Crippen molar-refractivity contribution in [3.63, 3.8) is 0 Å². The van der Waals surface area contributed by atoms with Crippen LogP contribution in [0.2, 0.25) is 0 Å². The fourth-order valence-electron chi connectivity index (χ4n) is 2.02. The largest absolute Gasteiger partial charge is 0.378 e. The first-order valence-electron chi connectivity index (χ1n) is 7.07. The van der Waals surface area contributed by atoms with E-state index in [1.54, 1.807) is 24.3 Å². The van der Waals surface area contributed by atoms with Gasteiger partial charge in [0.25, 0.3) is 5.91 Å². The van der Waals surface area contributed by atoms with Gasteiger partial charge in [-0.15, -0.1) is 0 Å². The highest BCUT2D eigenvalue weighted by Gasteiger charge is 2.12. The second-order valence-electron chi connectivity index (χ2n) is 5.21. The molecule has 0 fully saturated rings. The summed E-state index contributed by atoms with van der Waals surface area (Å²) in [5.74, 6) is -1.19. The van der Waals surface area contributed by atoms with Crippen LogP contribution in [0.15, 0.2) is 48.7 Å². The number of benzene rings is 2. The minimum Gasteiger partial charge on any atom is -0.378 e. The molecule has 0 saturated heterocycles. The predicted octanol–water partition coefficient (Wildman–Crippen LogP) is 3.39. The molecule has 7 heteroatoms. The van der Waals surface area contributed by atoms with Crippen LogP contribution in [-0.2, 0) is 0 Å². The highest BCUT2D eigenvalue weighted by Crippen LogP contribution is 2.20. The lowest BCUT2D eigenvalue weighted by Crippen LogP contribution is -2.14. The number of amides is 1. The first-order valence-corrected chi connectivity index (χ1v) is 7.07. The summed E-state index contributed by atoms with van der Waals surface area (Å²) < 4.78 is 14.3. The van der Waals surface area contributed by atoms with Gasteiger partial charge in [0, 0.05) is 37.0 Å². The molecule has 2 aromatic rings. The fourth-order valence-corrected chi connectivity index (χ4v) is 2.02. The third kappa shape index (κ3) is 4.16. The lowest BCUT2D eigenvalue weighted by atomic mass is 10.1. The number of rotatable bonds is 5. The average Bonchev–Trinajstić information content (AvgIpc) is 2.55. The summed E-state index contributed by atoms with van der Waals surface area (Å²) in [7, 11) is 3.77. The summed E-state index contributed by atoms with van der Waals surface area (Å²) in [4.78, 5) is 23.7. The van der Waals surface area contributed by atoms with Crippen molar-refractivity contribution in [1.82, 2.24) is 0 Å². The standard InChI is InChI=1S/C17H16FN3O3/c1-20(2)14-8-6-13(7-9-14)17(22)19-15-5-3-4-12(16(15)18)10-11-21(23)24/h3-11H,1-2H3,(H,19,22). The maximum absolute atomic E-state index is 14.3. The van der Waals surface area contributed by atoms with E-state index in [1.165, 1.54) is 18.2 Å². The molecule has 0 aromatic heterocycles. The van der Waals surface area contributed by atoms with Gasteiger partial charge >= 0.3 is 0 Å². The Morgan fingerprint density at radius 1 is 1.21 bits per heavy atom. The van der Waals surface area contributed by atoms with E-state index in [0.29, 0.717) is 11.8 Å². The number of nitro groups is 1. The Kier molecular flexibility index (Phi) is 5.26. The van der Waals surface area contributed by atoms with E-state index in [9.17, 15) is 19.3 Å². The van der Waals surface area contributed by atoms with Crippen LogP contribution in [0.5, 0.6) is 0 Å². The number of nitrogens with one attached hydrogen (secondary N) is 1. The molecule has 0 bridgehead atoms. The molecule has 0 aliphatic heterocycles. The molecule has 124 valence electrons. The highest BCUT2D eigenvalue weighted by atomic mass is 19.1. The molecule has 6 nitrogen and oxygen atoms in total. The monoisotopic (exact) mass is 329 g/mol. The first kappa shape index (κ1) is 17.1. The molecule has 1 N–H and O–H groups in total. The maximum Gasteiger partial charge on any atom is 0.255 e. The van der Waals surface area contributed by atoms with E-state index in [-0.39, 0.29) is 11.3 Å². The van der Waals surface area contributed by atoms with Crippen molar-refractivity contribution in [3.05, 3.63) is 75.7 Å². The summed E-state index contributed by atoms with van der Waals surface area (Å²) in [5.41, 5.74) is 1.30. The molecule has 0 radical (unpaired) electrons. The molecule has 0 saturated carbocycles. The smallest absolute Gasteiger partial charge is 0.255 e. The molecular weight excluding hydrogens is 313 g/mol. The van der Waals surface area contributed by atoms with Crippen LogP contribution in [-0.4, -0.2) is 24.9 Å². The van der Waals surface area contributed by atoms with Gasteiger partial charge in [-0.1, -0.05) is 12.1 Å². The van der Waals surface area contributed by atoms with Crippen molar-refractivity contribution < 1.29 is 14.1 Å². The van der Waals surface area contributed by atoms with E-state index < -0.39 is 16.6 Å². The summed E-state index contributed by atoms with van der Waals surface area (Å²) in [5, 5.41) is 12.8. The molecule has 0 atom stereocenters. The van der Waals surface area contributed by atoms with Crippen molar-refractivity contribution >= 4 is 23.4 Å². The van der Waals surface area contributed by atoms with Gasteiger partial charge in [-0.2, -0.15) is 0 Å². The van der Waals surface area contributed by atoms with Gasteiger partial charge in [0.15, 0.2) is 5.82 Å². The van der Waals surface area contributed by atoms with Gasteiger partial charge in [0.2, 0.25) is 6.20 Å². The van der Waals surface area contributed by atoms with Crippen molar-refractivity contribution in [1.29, 1.82) is 0 Å². The normalized spacial score (nSPS) is 10.6. The van der Waals surface area contributed by atoms with Gasteiger partial charge in [-0.3, -0.25) is 14.9 Å². The van der Waals surface area contributed by atoms with Crippen LogP contribution in [0.1, 0.15) is 15.9 Å². The lowest BCUT2D eigenvalue weighted by Gasteiger charge is -2.13. The Bertz CT molecular complexity index is 786. The van der Waals surface area contributed by atoms with Crippen molar-refractivity contribution in [2.24, 2.45) is 0 Å². The molecule has 0 spiro atoms. The summed E-state index contributed by atoms with van der Waals surface area (Å²) in [6.45, 7) is 0. The Labute approximate surface area is 138 Å². The molecular formula is C17H16FN3O3. The third-order valence-corrected chi connectivity index (χ3v) is 3.30. The Morgan fingerprint density at radius 2 is 1.88 bits per heavy atom. The zero-order valence-corrected chi connectivity index (χ0v) is 13.2. The van der Waals surface area contributed by atoms with Crippen LogP contribution in [0.4, 0.5) is 15.8 Å². The van der Waals surface area contributed by atoms with Crippen LogP contribution in [0.25, 0.3) is 6.08 Å². The first-order chi connectivity index (χ1) is 11.4. The van der Waals surface area contributed by atoms with E-state index in [1.807, 2.05) is 19.0 Å².